The van der Waals surface area contributed by atoms with Gasteiger partial charge in [0, 0.05) is 24.5 Å². The average molecular weight is 392 g/mol. The fourth-order valence-corrected chi connectivity index (χ4v) is 5.22. The van der Waals surface area contributed by atoms with Crippen LogP contribution in [0.4, 0.5) is 0 Å². The molecule has 2 aromatic carbocycles. The summed E-state index contributed by atoms with van der Waals surface area (Å²) < 4.78 is 0. The van der Waals surface area contributed by atoms with Gasteiger partial charge in [-0.15, -0.1) is 0 Å². The highest BCUT2D eigenvalue weighted by Crippen LogP contribution is 2.42. The molecular formula is C25H29NOS. The van der Waals surface area contributed by atoms with Crippen molar-refractivity contribution in [1.29, 1.82) is 0 Å². The van der Waals surface area contributed by atoms with E-state index in [1.165, 1.54) is 20.9 Å². The molecule has 0 bridgehead atoms. The molecule has 28 heavy (non-hydrogen) atoms. The fourth-order valence-electron chi connectivity index (χ4n) is 4.08. The summed E-state index contributed by atoms with van der Waals surface area (Å²) in [5.74, 6) is 0. The summed E-state index contributed by atoms with van der Waals surface area (Å²) in [6.45, 7) is 5.01. The number of hydrogen-bond donors (Lipinski definition) is 1. The zero-order chi connectivity index (χ0) is 19.4. The van der Waals surface area contributed by atoms with Crippen molar-refractivity contribution < 1.29 is 5.11 Å². The first-order valence-electron chi connectivity index (χ1n) is 10.2. The molecule has 1 aliphatic heterocycles. The van der Waals surface area contributed by atoms with Crippen LogP contribution in [-0.4, -0.2) is 23.1 Å². The smallest absolute Gasteiger partial charge is 0.0931 e. The lowest BCUT2D eigenvalue weighted by atomic mass is 9.84. The summed E-state index contributed by atoms with van der Waals surface area (Å²) in [6.07, 6.45) is 8.29. The maximum atomic E-state index is 11.5. The predicted molar refractivity (Wildman–Crippen MR) is 118 cm³/mol. The van der Waals surface area contributed by atoms with Crippen LogP contribution in [-0.2, 0) is 12.1 Å². The number of thioether (sulfide) groups is 1. The molecule has 1 heterocycles. The second kappa shape index (κ2) is 8.69. The average Bonchev–Trinajstić information content (AvgIpc) is 2.73. The Morgan fingerprint density at radius 3 is 2.36 bits per heavy atom. The number of nitrogens with zero attached hydrogens (tertiary/aromatic N) is 1. The van der Waals surface area contributed by atoms with Gasteiger partial charge < -0.3 is 5.11 Å². The zero-order valence-corrected chi connectivity index (χ0v) is 17.4. The Kier molecular flexibility index (Phi) is 6.05. The van der Waals surface area contributed by atoms with Gasteiger partial charge in [0.05, 0.1) is 5.60 Å². The third-order valence-electron chi connectivity index (χ3n) is 5.88. The molecule has 4 rings (SSSR count). The van der Waals surface area contributed by atoms with Gasteiger partial charge in [-0.05, 0) is 54.7 Å². The van der Waals surface area contributed by atoms with E-state index in [9.17, 15) is 5.11 Å². The quantitative estimate of drug-likeness (QED) is 0.688. The van der Waals surface area contributed by atoms with E-state index in [1.54, 1.807) is 0 Å². The minimum Gasteiger partial charge on any atom is -0.385 e. The van der Waals surface area contributed by atoms with E-state index in [4.69, 9.17) is 0 Å². The molecule has 146 valence electrons. The molecule has 2 aromatic rings. The second-order valence-electron chi connectivity index (χ2n) is 8.04. The molecule has 0 radical (unpaired) electrons. The van der Waals surface area contributed by atoms with Gasteiger partial charge in [-0.2, -0.15) is 0 Å². The van der Waals surface area contributed by atoms with Crippen LogP contribution in [0.5, 0.6) is 0 Å². The predicted octanol–water partition coefficient (Wildman–Crippen LogP) is 5.89. The molecule has 1 fully saturated rings. The molecule has 2 aliphatic rings. The third kappa shape index (κ3) is 4.60. The lowest BCUT2D eigenvalue weighted by Crippen LogP contribution is -2.42. The van der Waals surface area contributed by atoms with Crippen molar-refractivity contribution in [3.8, 4) is 0 Å². The minimum absolute atomic E-state index is 0.724. The lowest BCUT2D eigenvalue weighted by molar-refractivity contribution is -0.0297. The number of piperidine rings is 1. The van der Waals surface area contributed by atoms with Crippen LogP contribution >= 0.6 is 11.8 Å². The molecule has 1 N–H and O–H groups in total. The summed E-state index contributed by atoms with van der Waals surface area (Å²) in [7, 11) is 0. The van der Waals surface area contributed by atoms with E-state index in [1.807, 2.05) is 11.8 Å². The fraction of sp³-hybridized carbons (Fsp3) is 0.360. The second-order valence-corrected chi connectivity index (χ2v) is 9.21. The van der Waals surface area contributed by atoms with Crippen molar-refractivity contribution in [2.24, 2.45) is 0 Å². The van der Waals surface area contributed by atoms with Gasteiger partial charge >= 0.3 is 0 Å². The van der Waals surface area contributed by atoms with Crippen LogP contribution in [0.3, 0.4) is 0 Å². The molecule has 1 saturated heterocycles. The van der Waals surface area contributed by atoms with E-state index >= 15 is 0 Å². The van der Waals surface area contributed by atoms with Crippen LogP contribution in [0.1, 0.15) is 43.7 Å². The van der Waals surface area contributed by atoms with E-state index in [-0.39, 0.29) is 0 Å². The van der Waals surface area contributed by atoms with Gasteiger partial charge in [0.25, 0.3) is 0 Å². The van der Waals surface area contributed by atoms with Crippen molar-refractivity contribution in [2.75, 3.05) is 13.1 Å². The summed E-state index contributed by atoms with van der Waals surface area (Å²) in [5.41, 5.74) is 3.17. The number of allylic oxidation sites excluding steroid dienone is 4. The largest absolute Gasteiger partial charge is 0.385 e. The molecule has 3 heteroatoms. The van der Waals surface area contributed by atoms with E-state index in [0.29, 0.717) is 0 Å². The first-order chi connectivity index (χ1) is 13.6. The highest BCUT2D eigenvalue weighted by Gasteiger charge is 2.35. The maximum Gasteiger partial charge on any atom is 0.0931 e. The van der Waals surface area contributed by atoms with E-state index in [0.717, 1.165) is 50.9 Å². The number of likely N-dealkylation sites (tertiary alicyclic amines) is 1. The Morgan fingerprint density at radius 2 is 1.64 bits per heavy atom. The molecule has 0 saturated carbocycles. The topological polar surface area (TPSA) is 23.5 Å². The van der Waals surface area contributed by atoms with Crippen LogP contribution in [0.15, 0.2) is 82.1 Å². The van der Waals surface area contributed by atoms with Gasteiger partial charge in [-0.3, -0.25) is 4.90 Å². The monoisotopic (exact) mass is 391 g/mol. The van der Waals surface area contributed by atoms with Crippen molar-refractivity contribution in [2.45, 2.75) is 49.6 Å². The molecule has 0 spiro atoms. The van der Waals surface area contributed by atoms with Crippen molar-refractivity contribution >= 4 is 11.8 Å². The molecule has 0 atom stereocenters. The number of rotatable bonds is 5. The molecule has 0 unspecified atom stereocenters. The number of benzene rings is 2. The van der Waals surface area contributed by atoms with Crippen LogP contribution < -0.4 is 0 Å². The minimum atomic E-state index is -0.724. The number of hydrogen-bond acceptors (Lipinski definition) is 3. The standard InChI is InChI=1S/C25H29NOS/c1-20-11-13-22(14-12-20)28-24-10-6-5-9-23(24)25(27)15-17-26(18-16-25)19-21-7-3-2-4-8-21/h2-11,13,27H,12,14-19H2,1H3. The van der Waals surface area contributed by atoms with Crippen LogP contribution in [0, 0.1) is 0 Å². The van der Waals surface area contributed by atoms with Gasteiger partial charge in [0.15, 0.2) is 0 Å². The van der Waals surface area contributed by atoms with Crippen molar-refractivity contribution in [3.63, 3.8) is 0 Å². The maximum absolute atomic E-state index is 11.5. The normalized spacial score (nSPS) is 19.8. The molecule has 2 nitrogen and oxygen atoms in total. The van der Waals surface area contributed by atoms with E-state index in [2.05, 4.69) is 78.6 Å². The van der Waals surface area contributed by atoms with E-state index < -0.39 is 5.60 Å². The molecule has 0 amide bonds. The lowest BCUT2D eigenvalue weighted by Gasteiger charge is -2.39. The van der Waals surface area contributed by atoms with Gasteiger partial charge in [-0.1, -0.05) is 78.0 Å². The third-order valence-corrected chi connectivity index (χ3v) is 7.06. The van der Waals surface area contributed by atoms with Crippen LogP contribution in [0.25, 0.3) is 0 Å². The Hall–Kier alpha value is -1.81. The van der Waals surface area contributed by atoms with Crippen LogP contribution in [0.2, 0.25) is 0 Å². The van der Waals surface area contributed by atoms with Gasteiger partial charge in [0.2, 0.25) is 0 Å². The summed E-state index contributed by atoms with van der Waals surface area (Å²) >= 11 is 1.83. The molecule has 1 aliphatic carbocycles. The SMILES string of the molecule is CC1=CC=C(Sc2ccccc2C2(O)CCN(Cc3ccccc3)CC2)CC1. The van der Waals surface area contributed by atoms with Gasteiger partial charge in [-0.25, -0.2) is 0 Å². The van der Waals surface area contributed by atoms with Gasteiger partial charge in [0.1, 0.15) is 0 Å². The Balaban J connectivity index is 1.46. The first-order valence-corrected chi connectivity index (χ1v) is 11.1. The summed E-state index contributed by atoms with van der Waals surface area (Å²) in [4.78, 5) is 5.06. The van der Waals surface area contributed by atoms with Crippen molar-refractivity contribution in [3.05, 3.63) is 88.4 Å². The first kappa shape index (κ1) is 19.5. The van der Waals surface area contributed by atoms with Crippen molar-refractivity contribution in [1.82, 2.24) is 4.90 Å². The Bertz CT molecular complexity index is 863. The number of aliphatic hydroxyl groups is 1. The highest BCUT2D eigenvalue weighted by atomic mass is 32.2. The molecular weight excluding hydrogens is 362 g/mol. The Morgan fingerprint density at radius 1 is 0.929 bits per heavy atom. The summed E-state index contributed by atoms with van der Waals surface area (Å²) in [6, 6.07) is 19.1. The highest BCUT2D eigenvalue weighted by molar-refractivity contribution is 8.03. The molecule has 0 aromatic heterocycles. The Labute approximate surface area is 173 Å². The zero-order valence-electron chi connectivity index (χ0n) is 16.6. The summed E-state index contributed by atoms with van der Waals surface area (Å²) in [5, 5.41) is 11.5.